The highest BCUT2D eigenvalue weighted by Crippen LogP contribution is 2.07. The molecule has 0 amide bonds. The summed E-state index contributed by atoms with van der Waals surface area (Å²) >= 11 is 0. The number of hydrogen-bond acceptors (Lipinski definition) is 5. The van der Waals surface area contributed by atoms with Gasteiger partial charge in [0.1, 0.15) is 11.6 Å². The van der Waals surface area contributed by atoms with Gasteiger partial charge in [0, 0.05) is 0 Å². The van der Waals surface area contributed by atoms with Gasteiger partial charge in [-0.2, -0.15) is 0 Å². The summed E-state index contributed by atoms with van der Waals surface area (Å²) in [5.41, 5.74) is 4.78. The van der Waals surface area contributed by atoms with E-state index in [0.717, 1.165) is 12.8 Å². The molecule has 0 aromatic rings. The Morgan fingerprint density at radius 2 is 1.94 bits per heavy atom. The van der Waals surface area contributed by atoms with Crippen LogP contribution in [-0.2, 0) is 14.3 Å². The zero-order chi connectivity index (χ0) is 14.2. The van der Waals surface area contributed by atoms with E-state index in [0.29, 0.717) is 13.0 Å². The molecule has 0 saturated heterocycles. The van der Waals surface area contributed by atoms with Crippen molar-refractivity contribution in [2.45, 2.75) is 51.7 Å². The second-order valence-corrected chi connectivity index (χ2v) is 5.14. The third-order valence-corrected chi connectivity index (χ3v) is 2.16. The fourth-order valence-electron chi connectivity index (χ4n) is 1.39. The van der Waals surface area contributed by atoms with Crippen molar-refractivity contribution >= 4 is 11.9 Å². The van der Waals surface area contributed by atoms with Crippen LogP contribution in [0.4, 0.5) is 0 Å². The zero-order valence-corrected chi connectivity index (χ0v) is 11.4. The first-order chi connectivity index (χ1) is 8.26. The Hall–Kier alpha value is -1.14. The van der Waals surface area contributed by atoms with Gasteiger partial charge in [-0.05, 0) is 40.2 Å². The molecular formula is C12H24N2O4. The molecule has 0 aliphatic heterocycles. The number of aliphatic carboxylic acids is 1. The number of nitrogens with one attached hydrogen (secondary N) is 1. The smallest absolute Gasteiger partial charge is 0.320 e. The summed E-state index contributed by atoms with van der Waals surface area (Å²) in [6.07, 6.45) is 1.95. The fraction of sp³-hybridized carbons (Fsp3) is 0.833. The number of carboxylic acids is 1. The number of rotatable bonds is 8. The number of nitrogens with two attached hydrogens (primary N) is 1. The quantitative estimate of drug-likeness (QED) is 0.434. The van der Waals surface area contributed by atoms with Crippen LogP contribution >= 0.6 is 0 Å². The van der Waals surface area contributed by atoms with Gasteiger partial charge in [-0.1, -0.05) is 6.42 Å². The second-order valence-electron chi connectivity index (χ2n) is 5.14. The molecule has 0 saturated carbocycles. The van der Waals surface area contributed by atoms with Crippen LogP contribution in [0.3, 0.4) is 0 Å². The zero-order valence-electron chi connectivity index (χ0n) is 11.4. The first-order valence-electron chi connectivity index (χ1n) is 6.14. The SMILES string of the molecule is CC(C)(C)OC(=O)CN[C@@H](CCCCN)C(=O)O. The molecule has 0 aromatic carbocycles. The average molecular weight is 260 g/mol. The van der Waals surface area contributed by atoms with Crippen molar-refractivity contribution in [2.75, 3.05) is 13.1 Å². The topological polar surface area (TPSA) is 102 Å². The van der Waals surface area contributed by atoms with Gasteiger partial charge in [-0.25, -0.2) is 0 Å². The number of esters is 1. The van der Waals surface area contributed by atoms with Crippen LogP contribution < -0.4 is 11.1 Å². The van der Waals surface area contributed by atoms with Gasteiger partial charge in [0.15, 0.2) is 0 Å². The van der Waals surface area contributed by atoms with Crippen LogP contribution in [0.25, 0.3) is 0 Å². The first-order valence-corrected chi connectivity index (χ1v) is 6.14. The van der Waals surface area contributed by atoms with E-state index < -0.39 is 23.6 Å². The number of carbonyl (C=O) groups is 2. The van der Waals surface area contributed by atoms with E-state index in [4.69, 9.17) is 15.6 Å². The molecule has 0 spiro atoms. The van der Waals surface area contributed by atoms with Crippen molar-refractivity contribution < 1.29 is 19.4 Å². The Morgan fingerprint density at radius 3 is 2.39 bits per heavy atom. The van der Waals surface area contributed by atoms with Crippen LogP contribution in [0.5, 0.6) is 0 Å². The predicted octanol–water partition coefficient (Wildman–Crippen LogP) is 0.500. The van der Waals surface area contributed by atoms with Gasteiger partial charge in [0.05, 0.1) is 6.54 Å². The summed E-state index contributed by atoms with van der Waals surface area (Å²) in [6.45, 7) is 5.73. The third-order valence-electron chi connectivity index (χ3n) is 2.16. The van der Waals surface area contributed by atoms with E-state index in [2.05, 4.69) is 5.32 Å². The van der Waals surface area contributed by atoms with Gasteiger partial charge in [0.2, 0.25) is 0 Å². The van der Waals surface area contributed by atoms with E-state index >= 15 is 0 Å². The van der Waals surface area contributed by atoms with Crippen LogP contribution in [-0.4, -0.2) is 41.8 Å². The van der Waals surface area contributed by atoms with Crippen molar-refractivity contribution in [3.63, 3.8) is 0 Å². The summed E-state index contributed by atoms with van der Waals surface area (Å²) in [7, 11) is 0. The minimum Gasteiger partial charge on any atom is -0.480 e. The molecule has 6 nitrogen and oxygen atoms in total. The van der Waals surface area contributed by atoms with Crippen LogP contribution in [0, 0.1) is 0 Å². The lowest BCUT2D eigenvalue weighted by Crippen LogP contribution is -2.41. The summed E-state index contributed by atoms with van der Waals surface area (Å²) < 4.78 is 5.08. The lowest BCUT2D eigenvalue weighted by molar-refractivity contribution is -0.154. The van der Waals surface area contributed by atoms with E-state index in [-0.39, 0.29) is 6.54 Å². The van der Waals surface area contributed by atoms with E-state index in [1.54, 1.807) is 20.8 Å². The molecule has 0 radical (unpaired) electrons. The number of unbranched alkanes of at least 4 members (excludes halogenated alkanes) is 1. The molecule has 106 valence electrons. The molecule has 4 N–H and O–H groups in total. The van der Waals surface area contributed by atoms with Gasteiger partial charge >= 0.3 is 11.9 Å². The Bertz CT molecular complexity index is 274. The fourth-order valence-corrected chi connectivity index (χ4v) is 1.39. The van der Waals surface area contributed by atoms with Gasteiger partial charge in [-0.3, -0.25) is 14.9 Å². The molecule has 0 rings (SSSR count). The lowest BCUT2D eigenvalue weighted by Gasteiger charge is -2.20. The van der Waals surface area contributed by atoms with E-state index in [1.165, 1.54) is 0 Å². The third kappa shape index (κ3) is 8.95. The molecule has 0 fully saturated rings. The minimum atomic E-state index is -0.962. The maximum atomic E-state index is 11.4. The summed E-state index contributed by atoms with van der Waals surface area (Å²) in [4.78, 5) is 22.4. The molecule has 0 aliphatic carbocycles. The Morgan fingerprint density at radius 1 is 1.33 bits per heavy atom. The maximum absolute atomic E-state index is 11.4. The largest absolute Gasteiger partial charge is 0.480 e. The van der Waals surface area contributed by atoms with Crippen molar-refractivity contribution in [1.29, 1.82) is 0 Å². The summed E-state index contributed by atoms with van der Waals surface area (Å²) in [6, 6.07) is -0.732. The monoisotopic (exact) mass is 260 g/mol. The van der Waals surface area contributed by atoms with Gasteiger partial charge < -0.3 is 15.6 Å². The van der Waals surface area contributed by atoms with Crippen LogP contribution in [0.15, 0.2) is 0 Å². The number of carboxylic acid groups (broad SMARTS) is 1. The Kier molecular flexibility index (Phi) is 7.54. The molecular weight excluding hydrogens is 236 g/mol. The minimum absolute atomic E-state index is 0.100. The van der Waals surface area contributed by atoms with Crippen LogP contribution in [0.1, 0.15) is 40.0 Å². The number of hydrogen-bond donors (Lipinski definition) is 3. The molecule has 0 heterocycles. The average Bonchev–Trinajstić information content (AvgIpc) is 2.20. The lowest BCUT2D eigenvalue weighted by atomic mass is 10.1. The maximum Gasteiger partial charge on any atom is 0.320 e. The molecule has 6 heteroatoms. The second kappa shape index (κ2) is 8.05. The standard InChI is InChI=1S/C12H24N2O4/c1-12(2,3)18-10(15)8-14-9(11(16)17)6-4-5-7-13/h9,14H,4-8,13H2,1-3H3,(H,16,17)/t9-/m0/s1. The highest BCUT2D eigenvalue weighted by Gasteiger charge is 2.20. The highest BCUT2D eigenvalue weighted by molar-refractivity contribution is 5.76. The molecule has 1 atom stereocenters. The van der Waals surface area contributed by atoms with Crippen LogP contribution in [0.2, 0.25) is 0 Å². The van der Waals surface area contributed by atoms with Gasteiger partial charge in [-0.15, -0.1) is 0 Å². The molecule has 18 heavy (non-hydrogen) atoms. The highest BCUT2D eigenvalue weighted by atomic mass is 16.6. The Labute approximate surface area is 108 Å². The summed E-state index contributed by atoms with van der Waals surface area (Å²) in [5, 5.41) is 11.7. The molecule has 0 aromatic heterocycles. The normalized spacial score (nSPS) is 13.1. The first kappa shape index (κ1) is 16.9. The molecule has 0 unspecified atom stereocenters. The van der Waals surface area contributed by atoms with Crippen molar-refractivity contribution in [2.24, 2.45) is 5.73 Å². The van der Waals surface area contributed by atoms with E-state index in [1.807, 2.05) is 0 Å². The predicted molar refractivity (Wildman–Crippen MR) is 68.2 cm³/mol. The van der Waals surface area contributed by atoms with Crippen molar-refractivity contribution in [3.8, 4) is 0 Å². The number of ether oxygens (including phenoxy) is 1. The molecule has 0 bridgehead atoms. The van der Waals surface area contributed by atoms with Crippen molar-refractivity contribution in [3.05, 3.63) is 0 Å². The summed E-state index contributed by atoms with van der Waals surface area (Å²) in [5.74, 6) is -1.41. The van der Waals surface area contributed by atoms with E-state index in [9.17, 15) is 9.59 Å². The number of carbonyl (C=O) groups excluding carboxylic acids is 1. The Balaban J connectivity index is 4.03. The van der Waals surface area contributed by atoms with Crippen molar-refractivity contribution in [1.82, 2.24) is 5.32 Å². The molecule has 0 aliphatic rings. The van der Waals surface area contributed by atoms with Gasteiger partial charge in [0.25, 0.3) is 0 Å².